The fourth-order valence-corrected chi connectivity index (χ4v) is 3.68. The van der Waals surface area contributed by atoms with E-state index in [1.165, 1.54) is 28.9 Å². The van der Waals surface area contributed by atoms with E-state index >= 15 is 0 Å². The zero-order valence-electron chi connectivity index (χ0n) is 19.1. The Morgan fingerprint density at radius 2 is 1.65 bits per heavy atom. The van der Waals surface area contributed by atoms with Gasteiger partial charge in [0, 0.05) is 17.8 Å². The fourth-order valence-electron chi connectivity index (χ4n) is 3.68. The highest BCUT2D eigenvalue weighted by atomic mass is 16.6. The van der Waals surface area contributed by atoms with Crippen LogP contribution >= 0.6 is 0 Å². The van der Waals surface area contributed by atoms with Gasteiger partial charge in [-0.1, -0.05) is 29.8 Å². The highest BCUT2D eigenvalue weighted by molar-refractivity contribution is 6.03. The summed E-state index contributed by atoms with van der Waals surface area (Å²) in [6.45, 7) is 7.14. The van der Waals surface area contributed by atoms with Gasteiger partial charge >= 0.3 is 0 Å². The standard InChI is InChI=1S/C24H22N6O4/c1-14-9-11-18(12-10-14)29-17(4)22(16(3)26-29)25-24(32)23-21(31)13-15(2)28(27-23)19-7-5-6-8-20(19)30(33)34/h5-13H,1-4H3,(H,25,32). The Morgan fingerprint density at radius 3 is 2.32 bits per heavy atom. The molecule has 2 aromatic carbocycles. The topological polar surface area (TPSA) is 125 Å². The number of carbonyl (C=O) groups is 1. The van der Waals surface area contributed by atoms with Crippen LogP contribution in [0.1, 0.15) is 33.1 Å². The van der Waals surface area contributed by atoms with Crippen molar-refractivity contribution in [1.82, 2.24) is 19.6 Å². The number of carbonyl (C=O) groups excluding carboxylic acids is 1. The average molecular weight is 458 g/mol. The van der Waals surface area contributed by atoms with E-state index < -0.39 is 16.3 Å². The van der Waals surface area contributed by atoms with Crippen molar-refractivity contribution >= 4 is 17.3 Å². The first-order valence-electron chi connectivity index (χ1n) is 10.5. The zero-order chi connectivity index (χ0) is 24.6. The molecule has 4 rings (SSSR count). The molecule has 0 fully saturated rings. The zero-order valence-corrected chi connectivity index (χ0v) is 19.1. The first kappa shape index (κ1) is 22.6. The van der Waals surface area contributed by atoms with Crippen molar-refractivity contribution in [2.75, 3.05) is 5.32 Å². The lowest BCUT2D eigenvalue weighted by Gasteiger charge is -2.12. The molecule has 2 heterocycles. The Balaban J connectivity index is 1.73. The minimum absolute atomic E-state index is 0.151. The number of rotatable bonds is 5. The first-order chi connectivity index (χ1) is 16.2. The number of hydrogen-bond acceptors (Lipinski definition) is 6. The van der Waals surface area contributed by atoms with Gasteiger partial charge in [-0.2, -0.15) is 10.2 Å². The third kappa shape index (κ3) is 4.08. The summed E-state index contributed by atoms with van der Waals surface area (Å²) in [5, 5.41) is 22.9. The van der Waals surface area contributed by atoms with Gasteiger partial charge in [0.25, 0.3) is 11.6 Å². The van der Waals surface area contributed by atoms with Crippen molar-refractivity contribution in [3.05, 3.63) is 103 Å². The molecule has 0 spiro atoms. The highest BCUT2D eigenvalue weighted by Gasteiger charge is 2.22. The van der Waals surface area contributed by atoms with E-state index in [1.807, 2.05) is 38.1 Å². The molecule has 0 saturated carbocycles. The number of nitro groups is 1. The van der Waals surface area contributed by atoms with Crippen LogP contribution in [0.5, 0.6) is 0 Å². The summed E-state index contributed by atoms with van der Waals surface area (Å²) in [6, 6.07) is 15.0. The Morgan fingerprint density at radius 1 is 0.971 bits per heavy atom. The molecule has 0 bridgehead atoms. The van der Waals surface area contributed by atoms with E-state index in [0.29, 0.717) is 22.8 Å². The molecule has 1 amide bonds. The van der Waals surface area contributed by atoms with Crippen LogP contribution < -0.4 is 10.7 Å². The Bertz CT molecular complexity index is 1480. The summed E-state index contributed by atoms with van der Waals surface area (Å²) in [7, 11) is 0. The van der Waals surface area contributed by atoms with Crippen molar-refractivity contribution in [1.29, 1.82) is 0 Å². The van der Waals surface area contributed by atoms with Crippen LogP contribution in [0, 0.1) is 37.8 Å². The van der Waals surface area contributed by atoms with Crippen LogP contribution in [-0.2, 0) is 0 Å². The molecule has 1 N–H and O–H groups in total. The fraction of sp³-hybridized carbons (Fsp3) is 0.167. The van der Waals surface area contributed by atoms with Crippen molar-refractivity contribution in [2.24, 2.45) is 0 Å². The molecule has 0 saturated heterocycles. The molecule has 34 heavy (non-hydrogen) atoms. The van der Waals surface area contributed by atoms with Crippen molar-refractivity contribution in [2.45, 2.75) is 27.7 Å². The first-order valence-corrected chi connectivity index (χ1v) is 10.5. The summed E-state index contributed by atoms with van der Waals surface area (Å²) in [5.41, 5.74) is 2.99. The van der Waals surface area contributed by atoms with E-state index in [9.17, 15) is 19.7 Å². The van der Waals surface area contributed by atoms with Crippen molar-refractivity contribution in [3.63, 3.8) is 0 Å². The molecule has 0 radical (unpaired) electrons. The number of nitrogens with one attached hydrogen (secondary N) is 1. The van der Waals surface area contributed by atoms with Crippen LogP contribution in [0.15, 0.2) is 59.4 Å². The van der Waals surface area contributed by atoms with Crippen LogP contribution in [0.2, 0.25) is 0 Å². The number of nitro benzene ring substituents is 1. The number of benzene rings is 2. The molecule has 2 aromatic heterocycles. The molecule has 0 atom stereocenters. The van der Waals surface area contributed by atoms with Crippen molar-refractivity contribution in [3.8, 4) is 11.4 Å². The van der Waals surface area contributed by atoms with Gasteiger partial charge in [0.15, 0.2) is 5.69 Å². The van der Waals surface area contributed by atoms with Crippen LogP contribution in [-0.4, -0.2) is 30.4 Å². The molecule has 0 unspecified atom stereocenters. The lowest BCUT2D eigenvalue weighted by atomic mass is 10.2. The lowest BCUT2D eigenvalue weighted by Crippen LogP contribution is -2.27. The summed E-state index contributed by atoms with van der Waals surface area (Å²) in [4.78, 5) is 36.6. The van der Waals surface area contributed by atoms with Gasteiger partial charge in [0.05, 0.1) is 27.7 Å². The smallest absolute Gasteiger partial charge is 0.294 e. The second-order valence-corrected chi connectivity index (χ2v) is 7.90. The maximum Gasteiger partial charge on any atom is 0.294 e. The van der Waals surface area contributed by atoms with Crippen LogP contribution in [0.25, 0.3) is 11.4 Å². The summed E-state index contributed by atoms with van der Waals surface area (Å²) >= 11 is 0. The average Bonchev–Trinajstić information content (AvgIpc) is 3.08. The number of hydrogen-bond donors (Lipinski definition) is 1. The number of amides is 1. The summed E-state index contributed by atoms with van der Waals surface area (Å²) in [6.07, 6.45) is 0. The third-order valence-corrected chi connectivity index (χ3v) is 5.44. The molecule has 10 nitrogen and oxygen atoms in total. The predicted molar refractivity (Wildman–Crippen MR) is 127 cm³/mol. The van der Waals surface area contributed by atoms with E-state index in [2.05, 4.69) is 15.5 Å². The largest absolute Gasteiger partial charge is 0.317 e. The summed E-state index contributed by atoms with van der Waals surface area (Å²) in [5.74, 6) is -0.730. The van der Waals surface area contributed by atoms with E-state index in [1.54, 1.807) is 24.6 Å². The van der Waals surface area contributed by atoms with Gasteiger partial charge in [0.2, 0.25) is 5.43 Å². The molecular weight excluding hydrogens is 436 g/mol. The maximum absolute atomic E-state index is 13.1. The highest BCUT2D eigenvalue weighted by Crippen LogP contribution is 2.24. The number of para-hydroxylation sites is 2. The minimum Gasteiger partial charge on any atom is -0.317 e. The molecule has 0 aliphatic rings. The van der Waals surface area contributed by atoms with Gasteiger partial charge in [-0.15, -0.1) is 0 Å². The minimum atomic E-state index is -0.730. The third-order valence-electron chi connectivity index (χ3n) is 5.44. The number of nitrogens with zero attached hydrogens (tertiary/aromatic N) is 5. The van der Waals surface area contributed by atoms with Gasteiger partial charge in [0.1, 0.15) is 5.69 Å². The van der Waals surface area contributed by atoms with Crippen LogP contribution in [0.4, 0.5) is 11.4 Å². The SMILES string of the molecule is Cc1ccc(-n2nc(C)c(NC(=O)c3nn(-c4ccccc4[N+](=O)[O-])c(C)cc3=O)c2C)cc1. The van der Waals surface area contributed by atoms with E-state index in [0.717, 1.165) is 11.3 Å². The van der Waals surface area contributed by atoms with Crippen molar-refractivity contribution < 1.29 is 9.72 Å². The molecule has 4 aromatic rings. The predicted octanol–water partition coefficient (Wildman–Crippen LogP) is 3.81. The lowest BCUT2D eigenvalue weighted by molar-refractivity contribution is -0.384. The molecule has 172 valence electrons. The second-order valence-electron chi connectivity index (χ2n) is 7.90. The van der Waals surface area contributed by atoms with Gasteiger partial charge in [-0.25, -0.2) is 9.36 Å². The molecule has 0 aliphatic heterocycles. The van der Waals surface area contributed by atoms with E-state index in [4.69, 9.17) is 0 Å². The Hall–Kier alpha value is -4.60. The normalized spacial score (nSPS) is 10.8. The van der Waals surface area contributed by atoms with Gasteiger partial charge < -0.3 is 5.32 Å². The molecule has 10 heteroatoms. The quantitative estimate of drug-likeness (QED) is 0.358. The Labute approximate surface area is 194 Å². The second kappa shape index (κ2) is 8.74. The molecule has 0 aliphatic carbocycles. The monoisotopic (exact) mass is 458 g/mol. The van der Waals surface area contributed by atoms with Gasteiger partial charge in [-0.3, -0.25) is 19.7 Å². The molecular formula is C24H22N6O4. The van der Waals surface area contributed by atoms with E-state index in [-0.39, 0.29) is 17.1 Å². The number of aryl methyl sites for hydroxylation is 3. The van der Waals surface area contributed by atoms with Crippen LogP contribution in [0.3, 0.4) is 0 Å². The number of anilines is 1. The van der Waals surface area contributed by atoms with Gasteiger partial charge in [-0.05, 0) is 45.9 Å². The number of aromatic nitrogens is 4. The Kier molecular flexibility index (Phi) is 5.80. The maximum atomic E-state index is 13.1. The summed E-state index contributed by atoms with van der Waals surface area (Å²) < 4.78 is 2.93.